The zero-order valence-electron chi connectivity index (χ0n) is 18.6. The number of ether oxygens (including phenoxy) is 3. The van der Waals surface area contributed by atoms with Crippen LogP contribution in [0.3, 0.4) is 0 Å². The fourth-order valence-corrected chi connectivity index (χ4v) is 3.09. The minimum absolute atomic E-state index is 0.0381. The monoisotopic (exact) mass is 449 g/mol. The zero-order valence-corrected chi connectivity index (χ0v) is 18.6. The lowest BCUT2D eigenvalue weighted by atomic mass is 9.93. The van der Waals surface area contributed by atoms with E-state index >= 15 is 0 Å². The van der Waals surface area contributed by atoms with Crippen molar-refractivity contribution in [1.82, 2.24) is 20.6 Å². The number of hydrogen-bond acceptors (Lipinski definition) is 8. The summed E-state index contributed by atoms with van der Waals surface area (Å²) in [6.07, 6.45) is 1.59. The number of anilines is 1. The van der Waals surface area contributed by atoms with Crippen LogP contribution in [-0.4, -0.2) is 53.8 Å². The molecule has 170 valence electrons. The van der Waals surface area contributed by atoms with Crippen molar-refractivity contribution in [1.29, 1.82) is 0 Å². The van der Waals surface area contributed by atoms with E-state index in [0.717, 1.165) is 0 Å². The number of tetrazole rings is 1. The summed E-state index contributed by atoms with van der Waals surface area (Å²) in [5.41, 5.74) is 1.89. The van der Waals surface area contributed by atoms with E-state index in [1.807, 2.05) is 18.2 Å². The average Bonchev–Trinajstić information content (AvgIpc) is 3.36. The second-order valence-electron chi connectivity index (χ2n) is 6.75. The molecule has 0 radical (unpaired) electrons. The van der Waals surface area contributed by atoms with Gasteiger partial charge in [-0.15, -0.1) is 5.10 Å². The van der Waals surface area contributed by atoms with Gasteiger partial charge in [-0.1, -0.05) is 35.4 Å². The molecule has 10 nitrogen and oxygen atoms in total. The number of H-pyrrole nitrogens is 1. The Bertz CT molecular complexity index is 1160. The van der Waals surface area contributed by atoms with Crippen molar-refractivity contribution in [3.8, 4) is 11.5 Å². The van der Waals surface area contributed by atoms with E-state index in [2.05, 4.69) is 25.9 Å². The largest absolute Gasteiger partial charge is 0.497 e. The van der Waals surface area contributed by atoms with Gasteiger partial charge in [0.2, 0.25) is 0 Å². The molecular weight excluding hydrogens is 426 g/mol. The number of aromatic amines is 1. The molecular formula is C23H23N5O5. The van der Waals surface area contributed by atoms with Crippen LogP contribution in [0.4, 0.5) is 5.95 Å². The number of methoxy groups -OCH3 is 3. The Morgan fingerprint density at radius 1 is 1.00 bits per heavy atom. The second kappa shape index (κ2) is 10.7. The van der Waals surface area contributed by atoms with Crippen LogP contribution in [0.15, 0.2) is 59.7 Å². The first-order chi connectivity index (χ1) is 16.0. The first kappa shape index (κ1) is 23.2. The van der Waals surface area contributed by atoms with Crippen LogP contribution in [0.2, 0.25) is 0 Å². The number of carbonyl (C=O) groups is 2. The number of aromatic nitrogens is 4. The van der Waals surface area contributed by atoms with Crippen LogP contribution in [0.1, 0.15) is 18.1 Å². The van der Waals surface area contributed by atoms with E-state index in [9.17, 15) is 9.59 Å². The molecule has 1 amide bonds. The number of nitrogens with one attached hydrogen (secondary N) is 2. The Hall–Kier alpha value is -4.47. The molecule has 1 aromatic heterocycles. The van der Waals surface area contributed by atoms with Crippen molar-refractivity contribution in [2.75, 3.05) is 26.6 Å². The van der Waals surface area contributed by atoms with E-state index in [1.165, 1.54) is 21.3 Å². The molecule has 0 unspecified atom stereocenters. The van der Waals surface area contributed by atoms with Crippen molar-refractivity contribution >= 4 is 29.5 Å². The summed E-state index contributed by atoms with van der Waals surface area (Å²) in [5.74, 6) is -0.297. The molecule has 2 aromatic carbocycles. The lowest BCUT2D eigenvalue weighted by molar-refractivity contribution is -0.136. The summed E-state index contributed by atoms with van der Waals surface area (Å²) in [4.78, 5) is 26.2. The molecule has 0 aliphatic rings. The van der Waals surface area contributed by atoms with E-state index in [4.69, 9.17) is 14.2 Å². The van der Waals surface area contributed by atoms with Gasteiger partial charge in [-0.3, -0.25) is 10.1 Å². The highest BCUT2D eigenvalue weighted by molar-refractivity contribution is 6.19. The molecule has 0 spiro atoms. The summed E-state index contributed by atoms with van der Waals surface area (Å²) in [7, 11) is 4.30. The highest BCUT2D eigenvalue weighted by Gasteiger charge is 2.26. The van der Waals surface area contributed by atoms with Crippen molar-refractivity contribution in [2.45, 2.75) is 6.92 Å². The second-order valence-corrected chi connectivity index (χ2v) is 6.75. The van der Waals surface area contributed by atoms with Gasteiger partial charge in [0.05, 0.1) is 32.5 Å². The van der Waals surface area contributed by atoms with Gasteiger partial charge in [0.1, 0.15) is 11.5 Å². The van der Waals surface area contributed by atoms with Gasteiger partial charge < -0.3 is 14.2 Å². The Kier molecular flexibility index (Phi) is 7.53. The molecule has 33 heavy (non-hydrogen) atoms. The third kappa shape index (κ3) is 5.62. The zero-order chi connectivity index (χ0) is 23.8. The topological polar surface area (TPSA) is 128 Å². The quantitative estimate of drug-likeness (QED) is 0.305. The van der Waals surface area contributed by atoms with Gasteiger partial charge >= 0.3 is 5.97 Å². The van der Waals surface area contributed by atoms with Crippen LogP contribution < -0.4 is 14.8 Å². The molecule has 0 bridgehead atoms. The normalized spacial score (nSPS) is 11.9. The molecule has 0 fully saturated rings. The van der Waals surface area contributed by atoms with Crippen LogP contribution in [0.25, 0.3) is 11.6 Å². The molecule has 1 heterocycles. The average molecular weight is 449 g/mol. The first-order valence-corrected chi connectivity index (χ1v) is 9.81. The van der Waals surface area contributed by atoms with Gasteiger partial charge in [0.25, 0.3) is 11.9 Å². The number of amides is 1. The van der Waals surface area contributed by atoms with Crippen molar-refractivity contribution in [3.63, 3.8) is 0 Å². The van der Waals surface area contributed by atoms with Crippen LogP contribution in [0.5, 0.6) is 11.5 Å². The lowest BCUT2D eigenvalue weighted by Crippen LogP contribution is -2.21. The van der Waals surface area contributed by atoms with Gasteiger partial charge in [-0.05, 0) is 47.0 Å². The standard InChI is InChI=1S/C23H23N5O5/c1-14(16-11-17(31-2)13-18(12-16)32-3)20(22(30)33-4)19(10-15-8-6-5-7-9-15)21(29)24-23-25-27-28-26-23/h5-13H,1-4H3,(H2,24,25,26,27,28,29)/b19-10+,20-14-. The fraction of sp³-hybridized carbons (Fsp3) is 0.174. The fourth-order valence-electron chi connectivity index (χ4n) is 3.09. The summed E-state index contributed by atoms with van der Waals surface area (Å²) in [5, 5.41) is 15.7. The Labute approximate surface area is 190 Å². The Balaban J connectivity index is 2.22. The molecule has 0 aliphatic heterocycles. The molecule has 0 saturated heterocycles. The van der Waals surface area contributed by atoms with E-state index in [1.54, 1.807) is 43.3 Å². The number of rotatable bonds is 8. The predicted molar refractivity (Wildman–Crippen MR) is 121 cm³/mol. The maximum absolute atomic E-state index is 13.3. The van der Waals surface area contributed by atoms with Crippen molar-refractivity contribution in [2.24, 2.45) is 0 Å². The summed E-state index contributed by atoms with van der Waals surface area (Å²) >= 11 is 0. The summed E-state index contributed by atoms with van der Waals surface area (Å²) in [6.45, 7) is 1.71. The lowest BCUT2D eigenvalue weighted by Gasteiger charge is -2.15. The molecule has 0 atom stereocenters. The molecule has 0 saturated carbocycles. The SMILES string of the molecule is COC(=O)C(=C(/C)c1cc(OC)cc(OC)c1)/C(=C\c1ccccc1)C(=O)Nc1nn[nH]n1. The predicted octanol–water partition coefficient (Wildman–Crippen LogP) is 2.89. The number of esters is 1. The molecule has 3 rings (SSSR count). The van der Waals surface area contributed by atoms with Gasteiger partial charge in [-0.2, -0.15) is 5.21 Å². The number of allylic oxidation sites excluding steroid dienone is 1. The number of benzene rings is 2. The van der Waals surface area contributed by atoms with Gasteiger partial charge in [0.15, 0.2) is 0 Å². The van der Waals surface area contributed by atoms with Crippen molar-refractivity contribution < 1.29 is 23.8 Å². The number of nitrogens with zero attached hydrogens (tertiary/aromatic N) is 3. The highest BCUT2D eigenvalue weighted by Crippen LogP contribution is 2.32. The van der Waals surface area contributed by atoms with E-state index in [-0.39, 0.29) is 17.1 Å². The maximum Gasteiger partial charge on any atom is 0.338 e. The molecule has 3 aromatic rings. The Morgan fingerprint density at radius 2 is 1.67 bits per heavy atom. The molecule has 0 aliphatic carbocycles. The number of hydrogen-bond donors (Lipinski definition) is 2. The van der Waals surface area contributed by atoms with Crippen LogP contribution in [0, 0.1) is 0 Å². The molecule has 10 heteroatoms. The number of carbonyl (C=O) groups excluding carboxylic acids is 2. The van der Waals surface area contributed by atoms with E-state index in [0.29, 0.717) is 28.2 Å². The smallest absolute Gasteiger partial charge is 0.338 e. The highest BCUT2D eigenvalue weighted by atomic mass is 16.5. The molecule has 2 N–H and O–H groups in total. The third-order valence-corrected chi connectivity index (χ3v) is 4.74. The van der Waals surface area contributed by atoms with Gasteiger partial charge in [-0.25, -0.2) is 4.79 Å². The maximum atomic E-state index is 13.3. The summed E-state index contributed by atoms with van der Waals surface area (Å²) < 4.78 is 15.7. The van der Waals surface area contributed by atoms with Crippen molar-refractivity contribution in [3.05, 3.63) is 70.8 Å². The van der Waals surface area contributed by atoms with Crippen LogP contribution in [-0.2, 0) is 14.3 Å². The third-order valence-electron chi connectivity index (χ3n) is 4.74. The van der Waals surface area contributed by atoms with E-state index < -0.39 is 11.9 Å². The minimum atomic E-state index is -0.695. The van der Waals surface area contributed by atoms with Crippen LogP contribution >= 0.6 is 0 Å². The van der Waals surface area contributed by atoms with Gasteiger partial charge in [0, 0.05) is 6.07 Å². The minimum Gasteiger partial charge on any atom is -0.497 e. The Morgan fingerprint density at radius 3 is 2.21 bits per heavy atom. The first-order valence-electron chi connectivity index (χ1n) is 9.81. The summed E-state index contributed by atoms with van der Waals surface area (Å²) in [6, 6.07) is 14.3.